The van der Waals surface area contributed by atoms with E-state index in [2.05, 4.69) is 161 Å². The molecule has 0 amide bonds. The largest absolute Gasteiger partial charge is 0.354 e. The summed E-state index contributed by atoms with van der Waals surface area (Å²) in [4.78, 5) is 30.9. The SMILES string of the molecule is Cc1cc(C)c(-c2c3nc(c(-c4cc[n+](C)cc4)c4nc(c(-c5ccc(Nc6nc(Cl)nc(Cl)n6)cc5)c5ccc([nH]5)c(-c5cc[n+](C)cc5)c5ccc2[nH]5)C=C4)C=C3)c(C)c1. The summed E-state index contributed by atoms with van der Waals surface area (Å²) in [5, 5.41) is 3.20. The average Bonchev–Trinajstić information content (AvgIpc) is 4.08. The number of nitrogens with one attached hydrogen (secondary N) is 3. The van der Waals surface area contributed by atoms with Crippen LogP contribution in [0.15, 0.2) is 110 Å². The van der Waals surface area contributed by atoms with Gasteiger partial charge in [-0.2, -0.15) is 15.0 Å². The Balaban J connectivity index is 1.30. The number of anilines is 2. The van der Waals surface area contributed by atoms with Gasteiger partial charge in [0.05, 0.1) is 22.8 Å². The molecule has 3 N–H and O–H groups in total. The number of halogens is 2. The van der Waals surface area contributed by atoms with Gasteiger partial charge in [0.1, 0.15) is 14.1 Å². The average molecular weight is 852 g/mol. The molecule has 2 aliphatic heterocycles. The molecule has 2 aromatic carbocycles. The Labute approximate surface area is 368 Å². The number of H-pyrrole nitrogens is 2. The lowest BCUT2D eigenvalue weighted by Gasteiger charge is -2.13. The van der Waals surface area contributed by atoms with E-state index >= 15 is 0 Å². The van der Waals surface area contributed by atoms with Gasteiger partial charge < -0.3 is 15.3 Å². The molecule has 8 heterocycles. The van der Waals surface area contributed by atoms with Crippen LogP contribution in [0.5, 0.6) is 0 Å². The third-order valence-electron chi connectivity index (χ3n) is 11.2. The van der Waals surface area contributed by atoms with Crippen molar-refractivity contribution in [3.05, 3.63) is 160 Å². The highest BCUT2D eigenvalue weighted by molar-refractivity contribution is 6.31. The van der Waals surface area contributed by atoms with Gasteiger partial charge in [-0.25, -0.2) is 19.1 Å². The lowest BCUT2D eigenvalue weighted by molar-refractivity contribution is -0.671. The highest BCUT2D eigenvalue weighted by atomic mass is 35.5. The predicted molar refractivity (Wildman–Crippen MR) is 250 cm³/mol. The zero-order valence-corrected chi connectivity index (χ0v) is 36.1. The van der Waals surface area contributed by atoms with Crippen LogP contribution in [0.25, 0.3) is 90.9 Å². The van der Waals surface area contributed by atoms with Crippen LogP contribution in [0.3, 0.4) is 0 Å². The number of aromatic nitrogens is 9. The molecule has 302 valence electrons. The summed E-state index contributed by atoms with van der Waals surface area (Å²) in [5.41, 5.74) is 19.6. The van der Waals surface area contributed by atoms with Gasteiger partial charge in [-0.05, 0) is 138 Å². The molecule has 0 unspecified atom stereocenters. The maximum absolute atomic E-state index is 6.07. The molecule has 0 saturated heterocycles. The molecule has 10 nitrogen and oxygen atoms in total. The van der Waals surface area contributed by atoms with E-state index in [0.29, 0.717) is 0 Å². The fraction of sp³-hybridized carbons (Fsp3) is 0.100. The van der Waals surface area contributed by atoms with Crippen LogP contribution in [0.2, 0.25) is 10.6 Å². The van der Waals surface area contributed by atoms with Crippen LogP contribution >= 0.6 is 23.2 Å². The molecule has 10 rings (SSSR count). The van der Waals surface area contributed by atoms with Crippen molar-refractivity contribution in [2.24, 2.45) is 14.1 Å². The number of aryl methyl sites for hydroxylation is 5. The normalized spacial score (nSPS) is 12.0. The van der Waals surface area contributed by atoms with Gasteiger partial charge in [-0.3, -0.25) is 0 Å². The molecule has 0 atom stereocenters. The van der Waals surface area contributed by atoms with E-state index in [1.807, 2.05) is 47.5 Å². The van der Waals surface area contributed by atoms with Gasteiger partial charge in [0.25, 0.3) is 0 Å². The quantitative estimate of drug-likeness (QED) is 0.144. The third-order valence-corrected chi connectivity index (χ3v) is 11.6. The molecular weight excluding hydrogens is 812 g/mol. The molecule has 0 aliphatic carbocycles. The second-order valence-electron chi connectivity index (χ2n) is 15.7. The second kappa shape index (κ2) is 15.6. The second-order valence-corrected chi connectivity index (χ2v) is 16.4. The number of benzene rings is 2. The Morgan fingerprint density at radius 3 is 1.39 bits per heavy atom. The van der Waals surface area contributed by atoms with E-state index < -0.39 is 0 Å². The van der Waals surface area contributed by atoms with Crippen LogP contribution in [0, 0.1) is 20.8 Å². The van der Waals surface area contributed by atoms with Crippen LogP contribution < -0.4 is 14.5 Å². The van der Waals surface area contributed by atoms with E-state index in [1.54, 1.807) is 0 Å². The van der Waals surface area contributed by atoms with Crippen molar-refractivity contribution in [2.75, 3.05) is 5.32 Å². The summed E-state index contributed by atoms with van der Waals surface area (Å²) >= 11 is 12.1. The minimum Gasteiger partial charge on any atom is -0.354 e. The summed E-state index contributed by atoms with van der Waals surface area (Å²) in [6.45, 7) is 6.52. The van der Waals surface area contributed by atoms with Crippen molar-refractivity contribution in [1.29, 1.82) is 0 Å². The highest BCUT2D eigenvalue weighted by Gasteiger charge is 2.21. The van der Waals surface area contributed by atoms with E-state index in [-0.39, 0.29) is 16.5 Å². The number of fused-ring (bicyclic) bond motifs is 8. The Bertz CT molecular complexity index is 3280. The van der Waals surface area contributed by atoms with E-state index in [4.69, 9.17) is 33.2 Å². The number of rotatable bonds is 6. The minimum absolute atomic E-state index is 0.00581. The number of pyridine rings is 2. The standard InChI is InChI=1S/C50H39Cl2N10/c1-28-26-29(2)43(30(3)27-28)47-41-16-14-39(56-41)45(32-18-22-61(4)23-19-32)37-12-10-35(54-37)44(31-6-8-34(9-7-31)53-50-59-48(51)58-49(52)60-50)36-11-13-38(55-36)46(40-15-17-42(47)57-40)33-20-24-62(5)25-21-33/h6-27H,1-5H3,(H2,53,54,55,56,57,58,59,60)/q+1/p+1. The van der Waals surface area contributed by atoms with Gasteiger partial charge in [0.15, 0.2) is 24.8 Å². The highest BCUT2D eigenvalue weighted by Crippen LogP contribution is 2.40. The summed E-state index contributed by atoms with van der Waals surface area (Å²) in [7, 11) is 4.05. The molecule has 12 heteroatoms. The van der Waals surface area contributed by atoms with Crippen molar-refractivity contribution < 1.29 is 9.13 Å². The molecule has 8 bridgehead atoms. The monoisotopic (exact) mass is 850 g/mol. The lowest BCUT2D eigenvalue weighted by atomic mass is 9.92. The van der Waals surface area contributed by atoms with Crippen LogP contribution in [-0.4, -0.2) is 34.9 Å². The third kappa shape index (κ3) is 7.33. The Hall–Kier alpha value is -7.27. The number of hydrogen-bond acceptors (Lipinski definition) is 6. The first-order valence-electron chi connectivity index (χ1n) is 20.1. The lowest BCUT2D eigenvalue weighted by Crippen LogP contribution is -2.25. The molecular formula is C50H40Cl2N10+2. The molecule has 0 spiro atoms. The van der Waals surface area contributed by atoms with E-state index in [1.165, 1.54) is 16.7 Å². The number of nitrogens with zero attached hydrogens (tertiary/aromatic N) is 7. The van der Waals surface area contributed by atoms with E-state index in [0.717, 1.165) is 95.0 Å². The van der Waals surface area contributed by atoms with Crippen LogP contribution in [-0.2, 0) is 14.1 Å². The first-order valence-corrected chi connectivity index (χ1v) is 20.9. The van der Waals surface area contributed by atoms with Gasteiger partial charge in [-0.15, -0.1) is 0 Å². The zero-order valence-electron chi connectivity index (χ0n) is 34.6. The summed E-state index contributed by atoms with van der Waals surface area (Å²) in [6.07, 6.45) is 16.7. The molecule has 0 saturated carbocycles. The molecule has 62 heavy (non-hydrogen) atoms. The summed E-state index contributed by atoms with van der Waals surface area (Å²) in [5.74, 6) is 0.247. The molecule has 6 aromatic heterocycles. The van der Waals surface area contributed by atoms with Gasteiger partial charge in [-0.1, -0.05) is 29.8 Å². The summed E-state index contributed by atoms with van der Waals surface area (Å²) < 4.78 is 4.07. The molecule has 0 fully saturated rings. The maximum atomic E-state index is 6.07. The zero-order chi connectivity index (χ0) is 42.6. The topological polar surface area (TPSA) is 116 Å². The van der Waals surface area contributed by atoms with Gasteiger partial charge in [0.2, 0.25) is 16.5 Å². The van der Waals surface area contributed by atoms with Gasteiger partial charge >= 0.3 is 0 Å². The Morgan fingerprint density at radius 1 is 0.452 bits per heavy atom. The smallest absolute Gasteiger partial charge is 0.232 e. The van der Waals surface area contributed by atoms with Crippen molar-refractivity contribution in [3.63, 3.8) is 0 Å². The minimum atomic E-state index is 0.00581. The van der Waals surface area contributed by atoms with Crippen molar-refractivity contribution in [3.8, 4) is 44.5 Å². The first kappa shape index (κ1) is 38.9. The Morgan fingerprint density at radius 2 is 0.871 bits per heavy atom. The van der Waals surface area contributed by atoms with Crippen molar-refractivity contribution in [1.82, 2.24) is 34.9 Å². The molecule has 8 aromatic rings. The predicted octanol–water partition coefficient (Wildman–Crippen LogP) is 11.1. The van der Waals surface area contributed by atoms with Crippen LogP contribution in [0.4, 0.5) is 11.6 Å². The fourth-order valence-corrected chi connectivity index (χ4v) is 8.88. The number of aromatic amines is 2. The van der Waals surface area contributed by atoms with Gasteiger partial charge in [0, 0.05) is 74.3 Å². The molecule has 0 radical (unpaired) electrons. The summed E-state index contributed by atoms with van der Waals surface area (Å²) in [6, 6.07) is 29.7. The fourth-order valence-electron chi connectivity index (χ4n) is 8.52. The van der Waals surface area contributed by atoms with E-state index in [9.17, 15) is 0 Å². The Kier molecular flexibility index (Phi) is 9.81. The maximum Gasteiger partial charge on any atom is 0.232 e. The van der Waals surface area contributed by atoms with Crippen molar-refractivity contribution >= 4 is 81.2 Å². The number of hydrogen-bond donors (Lipinski definition) is 3. The molecule has 2 aliphatic rings. The first-order chi connectivity index (χ1) is 30.0. The van der Waals surface area contributed by atoms with Crippen molar-refractivity contribution in [2.45, 2.75) is 20.8 Å². The van der Waals surface area contributed by atoms with Crippen LogP contribution in [0.1, 0.15) is 39.5 Å².